The van der Waals surface area contributed by atoms with Crippen LogP contribution in [0.2, 0.25) is 0 Å². The van der Waals surface area contributed by atoms with Crippen LogP contribution in [-0.4, -0.2) is 31.2 Å². The van der Waals surface area contributed by atoms with Crippen LogP contribution in [0.4, 0.5) is 15.8 Å². The maximum Gasteiger partial charge on any atom is 0.338 e. The number of para-hydroxylation sites is 2. The van der Waals surface area contributed by atoms with Crippen LogP contribution in [0.3, 0.4) is 0 Å². The summed E-state index contributed by atoms with van der Waals surface area (Å²) in [6.45, 7) is 1.14. The molecule has 31 heavy (non-hydrogen) atoms. The van der Waals surface area contributed by atoms with Crippen molar-refractivity contribution < 1.29 is 23.1 Å². The van der Waals surface area contributed by atoms with Crippen LogP contribution in [0.15, 0.2) is 65.1 Å². The highest BCUT2D eigenvalue weighted by Gasteiger charge is 2.23. The predicted molar refractivity (Wildman–Crippen MR) is 114 cm³/mol. The molecule has 6 nitrogen and oxygen atoms in total. The zero-order chi connectivity index (χ0) is 21.4. The van der Waals surface area contributed by atoms with Gasteiger partial charge in [-0.1, -0.05) is 12.1 Å². The molecule has 7 heteroatoms. The second kappa shape index (κ2) is 7.75. The fraction of sp³-hybridized carbons (Fsp3) is 0.167. The molecule has 5 rings (SSSR count). The van der Waals surface area contributed by atoms with Crippen molar-refractivity contribution >= 4 is 28.4 Å². The molecule has 3 aromatic carbocycles. The van der Waals surface area contributed by atoms with Crippen molar-refractivity contribution in [3.63, 3.8) is 0 Å². The van der Waals surface area contributed by atoms with E-state index in [0.717, 1.165) is 12.1 Å². The average molecular weight is 418 g/mol. The number of anilines is 2. The Hall–Kier alpha value is -3.87. The van der Waals surface area contributed by atoms with E-state index in [1.54, 1.807) is 18.2 Å². The molecule has 0 amide bonds. The minimum absolute atomic E-state index is 0.315. The Morgan fingerprint density at radius 1 is 1.13 bits per heavy atom. The van der Waals surface area contributed by atoms with E-state index < -0.39 is 5.97 Å². The van der Waals surface area contributed by atoms with E-state index in [2.05, 4.69) is 4.98 Å². The second-order valence-electron chi connectivity index (χ2n) is 7.17. The largest absolute Gasteiger partial charge is 0.491 e. The lowest BCUT2D eigenvalue weighted by molar-refractivity contribution is 0.0601. The molecule has 0 fully saturated rings. The molecule has 0 atom stereocenters. The molecule has 1 aromatic heterocycles. The van der Waals surface area contributed by atoms with Gasteiger partial charge in [0.15, 0.2) is 5.58 Å². The molecular formula is C24H19FN2O4. The van der Waals surface area contributed by atoms with Crippen LogP contribution in [-0.2, 0) is 4.74 Å². The molecule has 2 heterocycles. The second-order valence-corrected chi connectivity index (χ2v) is 7.17. The van der Waals surface area contributed by atoms with Gasteiger partial charge in [0, 0.05) is 18.3 Å². The lowest BCUT2D eigenvalue weighted by atomic mass is 10.1. The summed E-state index contributed by atoms with van der Waals surface area (Å²) in [6.07, 6.45) is 0.747. The van der Waals surface area contributed by atoms with Gasteiger partial charge in [0.2, 0.25) is 5.89 Å². The first-order valence-corrected chi connectivity index (χ1v) is 9.92. The maximum atomic E-state index is 14.0. The Bertz CT molecular complexity index is 1250. The molecule has 4 aromatic rings. The quantitative estimate of drug-likeness (QED) is 0.419. The van der Waals surface area contributed by atoms with Crippen molar-refractivity contribution in [2.24, 2.45) is 0 Å². The van der Waals surface area contributed by atoms with Crippen molar-refractivity contribution in [1.82, 2.24) is 4.98 Å². The van der Waals surface area contributed by atoms with Gasteiger partial charge in [0.1, 0.15) is 17.1 Å². The summed E-state index contributed by atoms with van der Waals surface area (Å²) in [6, 6.07) is 17.2. The Morgan fingerprint density at radius 2 is 2.00 bits per heavy atom. The highest BCUT2D eigenvalue weighted by atomic mass is 19.1. The fourth-order valence-electron chi connectivity index (χ4n) is 3.77. The number of carbonyl (C=O) groups is 1. The summed E-state index contributed by atoms with van der Waals surface area (Å²) < 4.78 is 30.6. The number of methoxy groups -OCH3 is 1. The molecule has 1 aliphatic heterocycles. The first-order chi connectivity index (χ1) is 15.1. The molecule has 0 unspecified atom stereocenters. The van der Waals surface area contributed by atoms with Gasteiger partial charge >= 0.3 is 5.97 Å². The van der Waals surface area contributed by atoms with Gasteiger partial charge in [-0.15, -0.1) is 0 Å². The van der Waals surface area contributed by atoms with E-state index in [-0.39, 0.29) is 5.82 Å². The monoisotopic (exact) mass is 418 g/mol. The summed E-state index contributed by atoms with van der Waals surface area (Å²) in [5, 5.41) is 0. The third kappa shape index (κ3) is 3.48. The Labute approximate surface area is 177 Å². The van der Waals surface area contributed by atoms with Crippen LogP contribution in [0.25, 0.3) is 22.6 Å². The third-order valence-corrected chi connectivity index (χ3v) is 5.24. The molecule has 1 aliphatic rings. The lowest BCUT2D eigenvalue weighted by Crippen LogP contribution is -2.18. The Morgan fingerprint density at radius 3 is 2.84 bits per heavy atom. The van der Waals surface area contributed by atoms with Crippen molar-refractivity contribution in [1.29, 1.82) is 0 Å². The van der Waals surface area contributed by atoms with Crippen LogP contribution < -0.4 is 9.64 Å². The number of fused-ring (bicyclic) bond motifs is 2. The smallest absolute Gasteiger partial charge is 0.338 e. The van der Waals surface area contributed by atoms with E-state index >= 15 is 0 Å². The first-order valence-electron chi connectivity index (χ1n) is 9.92. The Kier molecular flexibility index (Phi) is 4.78. The van der Waals surface area contributed by atoms with Gasteiger partial charge in [-0.25, -0.2) is 14.2 Å². The van der Waals surface area contributed by atoms with E-state index in [9.17, 15) is 9.18 Å². The summed E-state index contributed by atoms with van der Waals surface area (Å²) in [5.74, 6) is 0.0653. The zero-order valence-corrected chi connectivity index (χ0v) is 16.8. The van der Waals surface area contributed by atoms with Gasteiger partial charge in [-0.2, -0.15) is 0 Å². The Balaban J connectivity index is 1.63. The number of ether oxygens (including phenoxy) is 2. The number of carbonyl (C=O) groups excluding carboxylic acids is 1. The number of halogens is 1. The number of rotatable bonds is 3. The van der Waals surface area contributed by atoms with Gasteiger partial charge in [-0.05, 0) is 48.9 Å². The predicted octanol–water partition coefficient (Wildman–Crippen LogP) is 5.34. The van der Waals surface area contributed by atoms with Crippen molar-refractivity contribution in [2.75, 3.05) is 25.2 Å². The number of benzene rings is 3. The molecule has 156 valence electrons. The average Bonchev–Trinajstić information content (AvgIpc) is 3.12. The number of hydrogen-bond donors (Lipinski definition) is 0. The van der Waals surface area contributed by atoms with Crippen LogP contribution in [0.1, 0.15) is 16.8 Å². The molecule has 0 radical (unpaired) electrons. The molecule has 0 saturated heterocycles. The minimum atomic E-state index is -0.510. The molecule has 0 aliphatic carbocycles. The molecule has 0 saturated carbocycles. The first kappa shape index (κ1) is 19.1. The number of esters is 1. The SMILES string of the molecule is COC(=O)c1cc(N2CCCOc3ccc(F)cc32)ccc1-c1nc2ccccc2o1. The highest BCUT2D eigenvalue weighted by Crippen LogP contribution is 2.38. The van der Waals surface area contributed by atoms with E-state index in [1.807, 2.05) is 35.2 Å². The molecule has 0 spiro atoms. The van der Waals surface area contributed by atoms with E-state index in [1.165, 1.54) is 19.2 Å². The number of nitrogens with zero attached hydrogens (tertiary/aromatic N) is 2. The van der Waals surface area contributed by atoms with E-state index in [0.29, 0.717) is 52.7 Å². The lowest BCUT2D eigenvalue weighted by Gasteiger charge is -2.24. The molecule has 0 bridgehead atoms. The zero-order valence-electron chi connectivity index (χ0n) is 16.8. The summed E-state index contributed by atoms with van der Waals surface area (Å²) in [7, 11) is 1.33. The topological polar surface area (TPSA) is 64.8 Å². The van der Waals surface area contributed by atoms with Gasteiger partial charge in [-0.3, -0.25) is 0 Å². The standard InChI is InChI=1S/C24H19FN2O4/c1-29-24(28)18-14-16(27-11-4-12-30-22-10-7-15(25)13-20(22)27)8-9-17(18)23-26-19-5-2-3-6-21(19)31-23/h2-3,5-10,13-14H,4,11-12H2,1H3. The van der Waals surface area contributed by atoms with Crippen molar-refractivity contribution in [3.8, 4) is 17.2 Å². The summed E-state index contributed by atoms with van der Waals surface area (Å²) in [4.78, 5) is 19.1. The highest BCUT2D eigenvalue weighted by molar-refractivity contribution is 5.98. The van der Waals surface area contributed by atoms with Crippen molar-refractivity contribution in [2.45, 2.75) is 6.42 Å². The van der Waals surface area contributed by atoms with Gasteiger partial charge in [0.05, 0.1) is 30.5 Å². The van der Waals surface area contributed by atoms with E-state index in [4.69, 9.17) is 13.9 Å². The van der Waals surface area contributed by atoms with Crippen LogP contribution in [0.5, 0.6) is 5.75 Å². The summed E-state index contributed by atoms with van der Waals surface area (Å²) in [5.41, 5.74) is 3.51. The summed E-state index contributed by atoms with van der Waals surface area (Å²) >= 11 is 0. The molecular weight excluding hydrogens is 399 g/mol. The third-order valence-electron chi connectivity index (χ3n) is 5.24. The number of hydrogen-bond acceptors (Lipinski definition) is 6. The fourth-order valence-corrected chi connectivity index (χ4v) is 3.77. The normalized spacial score (nSPS) is 13.4. The molecule has 0 N–H and O–H groups in total. The van der Waals surface area contributed by atoms with Crippen LogP contribution >= 0.6 is 0 Å². The number of oxazole rings is 1. The minimum Gasteiger partial charge on any atom is -0.491 e. The van der Waals surface area contributed by atoms with Gasteiger partial charge in [0.25, 0.3) is 0 Å². The number of aromatic nitrogens is 1. The maximum absolute atomic E-state index is 14.0. The van der Waals surface area contributed by atoms with Crippen molar-refractivity contribution in [3.05, 3.63) is 72.0 Å². The van der Waals surface area contributed by atoms with Gasteiger partial charge < -0.3 is 18.8 Å². The van der Waals surface area contributed by atoms with Crippen LogP contribution in [0, 0.1) is 5.82 Å².